The summed E-state index contributed by atoms with van der Waals surface area (Å²) in [6.07, 6.45) is 3.76. The topological polar surface area (TPSA) is 56.6 Å². The Morgan fingerprint density at radius 2 is 1.94 bits per heavy atom. The Labute approximate surface area is 182 Å². The lowest BCUT2D eigenvalue weighted by atomic mass is 10.1. The summed E-state index contributed by atoms with van der Waals surface area (Å²) in [7, 11) is 1.57. The lowest BCUT2D eigenvalue weighted by Crippen LogP contribution is -2.36. The van der Waals surface area contributed by atoms with Gasteiger partial charge in [-0.2, -0.15) is 4.98 Å². The fourth-order valence-corrected chi connectivity index (χ4v) is 4.69. The van der Waals surface area contributed by atoms with E-state index in [1.807, 2.05) is 6.07 Å². The van der Waals surface area contributed by atoms with Crippen LogP contribution in [0.4, 0.5) is 5.69 Å². The largest absolute Gasteiger partial charge is 0.468 e. The van der Waals surface area contributed by atoms with Crippen LogP contribution in [0.5, 0.6) is 6.01 Å². The van der Waals surface area contributed by atoms with E-state index >= 15 is 0 Å². The van der Waals surface area contributed by atoms with Crippen LogP contribution in [-0.4, -0.2) is 48.9 Å². The van der Waals surface area contributed by atoms with Crippen molar-refractivity contribution in [2.24, 2.45) is 11.8 Å². The number of aromatic nitrogens is 2. The molecule has 6 nitrogen and oxygen atoms in total. The van der Waals surface area contributed by atoms with Crippen LogP contribution in [0, 0.1) is 11.8 Å². The molecule has 1 aromatic heterocycles. The number of ether oxygens (including phenoxy) is 2. The van der Waals surface area contributed by atoms with Crippen LogP contribution in [0.2, 0.25) is 0 Å². The predicted molar refractivity (Wildman–Crippen MR) is 121 cm³/mol. The highest BCUT2D eigenvalue weighted by Gasteiger charge is 2.36. The van der Waals surface area contributed by atoms with Crippen molar-refractivity contribution in [3.8, 4) is 6.01 Å². The van der Waals surface area contributed by atoms with Gasteiger partial charge in [-0.15, -0.1) is 0 Å². The van der Waals surface area contributed by atoms with Crippen molar-refractivity contribution in [3.05, 3.63) is 54.1 Å². The number of rotatable bonds is 7. The maximum Gasteiger partial charge on any atom is 0.304 e. The second kappa shape index (κ2) is 8.71. The van der Waals surface area contributed by atoms with E-state index in [0.29, 0.717) is 24.3 Å². The Balaban J connectivity index is 1.28. The molecule has 0 N–H and O–H groups in total. The average Bonchev–Trinajstić information content (AvgIpc) is 3.45. The van der Waals surface area contributed by atoms with E-state index in [1.54, 1.807) is 11.7 Å². The summed E-state index contributed by atoms with van der Waals surface area (Å²) in [4.78, 5) is 20.0. The van der Waals surface area contributed by atoms with Crippen molar-refractivity contribution < 1.29 is 14.3 Å². The molecule has 1 aliphatic carbocycles. The molecule has 2 fully saturated rings. The number of morpholine rings is 1. The first-order chi connectivity index (χ1) is 15.2. The molecule has 2 aromatic carbocycles. The van der Waals surface area contributed by atoms with E-state index in [0.717, 1.165) is 55.9 Å². The third-order valence-corrected chi connectivity index (χ3v) is 6.55. The number of imidazole rings is 1. The highest BCUT2D eigenvalue weighted by atomic mass is 16.5. The van der Waals surface area contributed by atoms with Crippen molar-refractivity contribution in [2.45, 2.75) is 25.7 Å². The molecule has 2 unspecified atom stereocenters. The molecular weight excluding hydrogens is 390 g/mol. The highest BCUT2D eigenvalue weighted by molar-refractivity contribution is 5.93. The van der Waals surface area contributed by atoms with Gasteiger partial charge in [-0.05, 0) is 54.9 Å². The monoisotopic (exact) mass is 419 g/mol. The Kier molecular flexibility index (Phi) is 5.64. The quantitative estimate of drug-likeness (QED) is 0.575. The first-order valence-electron chi connectivity index (χ1n) is 11.2. The molecule has 1 aliphatic heterocycles. The zero-order valence-corrected chi connectivity index (χ0v) is 18.0. The van der Waals surface area contributed by atoms with Crippen LogP contribution in [0.3, 0.4) is 0 Å². The van der Waals surface area contributed by atoms with Gasteiger partial charge in [-0.25, -0.2) is 4.57 Å². The number of carbonyl (C=O) groups is 1. The molecule has 0 amide bonds. The van der Waals surface area contributed by atoms with Crippen LogP contribution in [0.15, 0.2) is 48.5 Å². The zero-order valence-electron chi connectivity index (χ0n) is 18.0. The molecule has 5 rings (SSSR count). The van der Waals surface area contributed by atoms with Crippen molar-refractivity contribution in [1.29, 1.82) is 0 Å². The number of nitrogens with zero attached hydrogens (tertiary/aromatic N) is 3. The lowest BCUT2D eigenvalue weighted by molar-refractivity contribution is 0.0891. The third kappa shape index (κ3) is 4.30. The standard InChI is InChI=1S/C25H29N3O3/c1-30-25-26-22-9-8-21(27-11-13-31-14-12-27)17-23(22)28(25)24(29)10-7-19-16-20(19)15-18-5-3-2-4-6-18/h2-6,8-9,17,19-20H,7,10-16H2,1H3. The van der Waals surface area contributed by atoms with Gasteiger partial charge in [-0.3, -0.25) is 4.79 Å². The Bertz CT molecular complexity index is 1060. The molecular formula is C25H29N3O3. The van der Waals surface area contributed by atoms with Crippen LogP contribution < -0.4 is 9.64 Å². The first kappa shape index (κ1) is 20.1. The Morgan fingerprint density at radius 3 is 2.71 bits per heavy atom. The fourth-order valence-electron chi connectivity index (χ4n) is 4.69. The number of methoxy groups -OCH3 is 1. The van der Waals surface area contributed by atoms with Gasteiger partial charge in [-0.1, -0.05) is 30.3 Å². The molecule has 2 atom stereocenters. The van der Waals surface area contributed by atoms with E-state index in [4.69, 9.17) is 9.47 Å². The molecule has 0 spiro atoms. The van der Waals surface area contributed by atoms with Crippen molar-refractivity contribution in [2.75, 3.05) is 38.3 Å². The van der Waals surface area contributed by atoms with Gasteiger partial charge >= 0.3 is 6.01 Å². The van der Waals surface area contributed by atoms with Gasteiger partial charge in [0, 0.05) is 25.2 Å². The third-order valence-electron chi connectivity index (χ3n) is 6.55. The summed E-state index contributed by atoms with van der Waals surface area (Å²) in [5.74, 6) is 1.39. The Hall–Kier alpha value is -2.86. The smallest absolute Gasteiger partial charge is 0.304 e. The average molecular weight is 420 g/mol. The molecule has 1 saturated carbocycles. The second-order valence-corrected chi connectivity index (χ2v) is 8.58. The van der Waals surface area contributed by atoms with Crippen molar-refractivity contribution in [1.82, 2.24) is 9.55 Å². The molecule has 162 valence electrons. The molecule has 1 saturated heterocycles. The van der Waals surface area contributed by atoms with Crippen LogP contribution >= 0.6 is 0 Å². The second-order valence-electron chi connectivity index (χ2n) is 8.58. The number of anilines is 1. The van der Waals surface area contributed by atoms with Gasteiger partial charge in [0.05, 0.1) is 31.4 Å². The number of benzene rings is 2. The van der Waals surface area contributed by atoms with E-state index in [2.05, 4.69) is 52.3 Å². The summed E-state index contributed by atoms with van der Waals surface area (Å²) >= 11 is 0. The van der Waals surface area contributed by atoms with Gasteiger partial charge in [0.15, 0.2) is 0 Å². The van der Waals surface area contributed by atoms with Crippen LogP contribution in [-0.2, 0) is 11.2 Å². The fraction of sp³-hybridized carbons (Fsp3) is 0.440. The SMILES string of the molecule is COc1nc2ccc(N3CCOCC3)cc2n1C(=O)CCC1CC1Cc1ccccc1. The number of fused-ring (bicyclic) bond motifs is 1. The molecule has 2 heterocycles. The van der Waals surface area contributed by atoms with Gasteiger partial charge in [0.25, 0.3) is 0 Å². The molecule has 6 heteroatoms. The van der Waals surface area contributed by atoms with E-state index in [1.165, 1.54) is 12.0 Å². The van der Waals surface area contributed by atoms with E-state index in [-0.39, 0.29) is 5.91 Å². The van der Waals surface area contributed by atoms with Gasteiger partial charge < -0.3 is 14.4 Å². The highest BCUT2D eigenvalue weighted by Crippen LogP contribution is 2.44. The van der Waals surface area contributed by atoms with Crippen molar-refractivity contribution >= 4 is 22.6 Å². The van der Waals surface area contributed by atoms with E-state index < -0.39 is 0 Å². The van der Waals surface area contributed by atoms with Gasteiger partial charge in [0.1, 0.15) is 0 Å². The number of carbonyl (C=O) groups excluding carboxylic acids is 1. The van der Waals surface area contributed by atoms with Crippen LogP contribution in [0.25, 0.3) is 11.0 Å². The molecule has 3 aromatic rings. The maximum absolute atomic E-state index is 13.2. The van der Waals surface area contributed by atoms with E-state index in [9.17, 15) is 4.79 Å². The number of hydrogen-bond acceptors (Lipinski definition) is 5. The summed E-state index contributed by atoms with van der Waals surface area (Å²) in [5.41, 5.74) is 4.09. The minimum atomic E-state index is 0.0591. The number of hydrogen-bond donors (Lipinski definition) is 0. The normalized spacial score (nSPS) is 20.7. The molecule has 0 bridgehead atoms. The molecule has 31 heavy (non-hydrogen) atoms. The zero-order chi connectivity index (χ0) is 21.2. The first-order valence-corrected chi connectivity index (χ1v) is 11.2. The maximum atomic E-state index is 13.2. The summed E-state index contributed by atoms with van der Waals surface area (Å²) in [6, 6.07) is 17.1. The Morgan fingerprint density at radius 1 is 1.13 bits per heavy atom. The summed E-state index contributed by atoms with van der Waals surface area (Å²) in [5, 5.41) is 0. The van der Waals surface area contributed by atoms with Crippen LogP contribution in [0.1, 0.15) is 29.6 Å². The summed E-state index contributed by atoms with van der Waals surface area (Å²) < 4.78 is 12.6. The molecule has 0 radical (unpaired) electrons. The van der Waals surface area contributed by atoms with Crippen molar-refractivity contribution in [3.63, 3.8) is 0 Å². The minimum Gasteiger partial charge on any atom is -0.468 e. The minimum absolute atomic E-state index is 0.0591. The predicted octanol–water partition coefficient (Wildman–Crippen LogP) is 4.18. The summed E-state index contributed by atoms with van der Waals surface area (Å²) in [6.45, 7) is 3.17. The molecule has 2 aliphatic rings. The van der Waals surface area contributed by atoms with Gasteiger partial charge in [0.2, 0.25) is 5.91 Å². The lowest BCUT2D eigenvalue weighted by Gasteiger charge is -2.28.